The summed E-state index contributed by atoms with van der Waals surface area (Å²) in [5, 5.41) is 10.6. The van der Waals surface area contributed by atoms with Crippen LogP contribution in [0.25, 0.3) is 0 Å². The van der Waals surface area contributed by atoms with Gasteiger partial charge in [-0.1, -0.05) is 23.7 Å². The number of rotatable bonds is 5. The minimum atomic E-state index is -0.163. The van der Waals surface area contributed by atoms with E-state index in [-0.39, 0.29) is 6.04 Å². The molecule has 7 heteroatoms. The lowest BCUT2D eigenvalue weighted by molar-refractivity contribution is 0.515. The van der Waals surface area contributed by atoms with Gasteiger partial charge >= 0.3 is 0 Å². The second-order valence-electron chi connectivity index (χ2n) is 3.61. The third-order valence-electron chi connectivity index (χ3n) is 2.45. The molecular weight excluding hydrogens is 258 g/mol. The van der Waals surface area contributed by atoms with Gasteiger partial charge in [0.1, 0.15) is 6.04 Å². The Bertz CT molecular complexity index is 481. The van der Waals surface area contributed by atoms with Gasteiger partial charge in [-0.15, -0.1) is 16.4 Å². The minimum absolute atomic E-state index is 0.163. The van der Waals surface area contributed by atoms with Gasteiger partial charge in [0, 0.05) is 11.4 Å². The Morgan fingerprint density at radius 2 is 2.47 bits per heavy atom. The highest BCUT2D eigenvalue weighted by molar-refractivity contribution is 7.10. The number of nitrogens with one attached hydrogen (secondary N) is 1. The van der Waals surface area contributed by atoms with E-state index in [1.807, 2.05) is 16.1 Å². The van der Waals surface area contributed by atoms with Gasteiger partial charge in [-0.2, -0.15) is 0 Å². The highest BCUT2D eigenvalue weighted by Crippen LogP contribution is 2.31. The van der Waals surface area contributed by atoms with E-state index >= 15 is 0 Å². The smallest absolute Gasteiger partial charge is 0.100 e. The van der Waals surface area contributed by atoms with Gasteiger partial charge < -0.3 is 0 Å². The first-order chi connectivity index (χ1) is 8.27. The molecule has 0 bridgehead atoms. The van der Waals surface area contributed by atoms with Crippen LogP contribution in [0, 0.1) is 0 Å². The van der Waals surface area contributed by atoms with Crippen molar-refractivity contribution < 1.29 is 0 Å². The molecule has 0 aliphatic heterocycles. The molecule has 0 fully saturated rings. The van der Waals surface area contributed by atoms with Crippen molar-refractivity contribution in [3.8, 4) is 0 Å². The van der Waals surface area contributed by atoms with E-state index in [2.05, 4.69) is 22.7 Å². The third kappa shape index (κ3) is 2.50. The van der Waals surface area contributed by atoms with Crippen LogP contribution in [0.15, 0.2) is 17.6 Å². The standard InChI is InChI=1S/C10H14ClN5S/c1-2-4-16-8(6-13-15-16)9(14-12)10-7(11)3-5-17-10/h3,5-6,9,14H,2,4,12H2,1H3. The molecule has 17 heavy (non-hydrogen) atoms. The molecule has 0 aliphatic carbocycles. The number of aromatic nitrogens is 3. The zero-order chi connectivity index (χ0) is 12.3. The van der Waals surface area contributed by atoms with Crippen LogP contribution in [0.3, 0.4) is 0 Å². The summed E-state index contributed by atoms with van der Waals surface area (Å²) >= 11 is 7.69. The van der Waals surface area contributed by atoms with Crippen LogP contribution in [0.5, 0.6) is 0 Å². The van der Waals surface area contributed by atoms with Crippen LogP contribution in [-0.2, 0) is 6.54 Å². The van der Waals surface area contributed by atoms with Gasteiger partial charge in [0.2, 0.25) is 0 Å². The number of hydrogen-bond donors (Lipinski definition) is 2. The van der Waals surface area contributed by atoms with Crippen molar-refractivity contribution in [2.24, 2.45) is 5.84 Å². The molecule has 5 nitrogen and oxygen atoms in total. The lowest BCUT2D eigenvalue weighted by Crippen LogP contribution is -2.30. The Balaban J connectivity index is 2.35. The molecule has 0 spiro atoms. The number of hydrogen-bond acceptors (Lipinski definition) is 5. The zero-order valence-corrected chi connectivity index (χ0v) is 11.0. The molecule has 2 aromatic heterocycles. The molecule has 2 rings (SSSR count). The number of nitrogens with zero attached hydrogens (tertiary/aromatic N) is 3. The van der Waals surface area contributed by atoms with Crippen molar-refractivity contribution in [3.05, 3.63) is 33.2 Å². The Morgan fingerprint density at radius 3 is 3.06 bits per heavy atom. The molecule has 1 unspecified atom stereocenters. The number of halogens is 1. The maximum Gasteiger partial charge on any atom is 0.100 e. The molecule has 0 saturated heterocycles. The molecule has 0 aromatic carbocycles. The third-order valence-corrected chi connectivity index (χ3v) is 3.88. The SMILES string of the molecule is CCCn1nncc1C(NN)c1sccc1Cl. The van der Waals surface area contributed by atoms with E-state index in [4.69, 9.17) is 17.4 Å². The lowest BCUT2D eigenvalue weighted by atomic mass is 10.2. The molecule has 92 valence electrons. The minimum Gasteiger partial charge on any atom is -0.270 e. The van der Waals surface area contributed by atoms with Crippen LogP contribution in [0.1, 0.15) is 30.0 Å². The highest BCUT2D eigenvalue weighted by atomic mass is 35.5. The van der Waals surface area contributed by atoms with E-state index in [0.29, 0.717) is 5.02 Å². The van der Waals surface area contributed by atoms with Crippen molar-refractivity contribution in [2.45, 2.75) is 25.9 Å². The fourth-order valence-electron chi connectivity index (χ4n) is 1.68. The maximum atomic E-state index is 6.12. The zero-order valence-electron chi connectivity index (χ0n) is 9.43. The topological polar surface area (TPSA) is 68.8 Å². The summed E-state index contributed by atoms with van der Waals surface area (Å²) in [7, 11) is 0. The predicted molar refractivity (Wildman–Crippen MR) is 68.8 cm³/mol. The molecule has 0 aliphatic rings. The number of nitrogens with two attached hydrogens (primary N) is 1. The number of aryl methyl sites for hydroxylation is 1. The van der Waals surface area contributed by atoms with Crippen LogP contribution in [-0.4, -0.2) is 15.0 Å². The fourth-order valence-corrected chi connectivity index (χ4v) is 2.92. The van der Waals surface area contributed by atoms with Crippen molar-refractivity contribution in [2.75, 3.05) is 0 Å². The summed E-state index contributed by atoms with van der Waals surface area (Å²) in [6, 6.07) is 1.70. The van der Waals surface area contributed by atoms with Crippen LogP contribution in [0.4, 0.5) is 0 Å². The van der Waals surface area contributed by atoms with E-state index in [1.54, 1.807) is 17.5 Å². The molecule has 2 aromatic rings. The summed E-state index contributed by atoms with van der Waals surface area (Å²) < 4.78 is 1.85. The van der Waals surface area contributed by atoms with Crippen LogP contribution >= 0.6 is 22.9 Å². The first-order valence-electron chi connectivity index (χ1n) is 5.35. The summed E-state index contributed by atoms with van der Waals surface area (Å²) in [6.07, 6.45) is 2.71. The Hall–Kier alpha value is -0.950. The Morgan fingerprint density at radius 1 is 1.65 bits per heavy atom. The Kier molecular flexibility index (Phi) is 4.11. The Labute approximate surface area is 109 Å². The van der Waals surface area contributed by atoms with Crippen molar-refractivity contribution in [1.29, 1.82) is 0 Å². The predicted octanol–water partition coefficient (Wildman–Crippen LogP) is 1.96. The quantitative estimate of drug-likeness (QED) is 0.644. The fraction of sp³-hybridized carbons (Fsp3) is 0.400. The summed E-state index contributed by atoms with van der Waals surface area (Å²) in [6.45, 7) is 2.91. The van der Waals surface area contributed by atoms with Gasteiger partial charge in [-0.25, -0.2) is 10.1 Å². The van der Waals surface area contributed by atoms with Gasteiger partial charge in [0.25, 0.3) is 0 Å². The van der Waals surface area contributed by atoms with E-state index in [0.717, 1.165) is 23.5 Å². The lowest BCUT2D eigenvalue weighted by Gasteiger charge is -2.15. The number of hydrazine groups is 1. The average Bonchev–Trinajstić information content (AvgIpc) is 2.92. The monoisotopic (exact) mass is 271 g/mol. The molecule has 0 amide bonds. The maximum absolute atomic E-state index is 6.12. The highest BCUT2D eigenvalue weighted by Gasteiger charge is 2.21. The van der Waals surface area contributed by atoms with Crippen molar-refractivity contribution >= 4 is 22.9 Å². The van der Waals surface area contributed by atoms with Crippen LogP contribution < -0.4 is 11.3 Å². The van der Waals surface area contributed by atoms with Gasteiger partial charge in [-0.05, 0) is 17.9 Å². The molecular formula is C10H14ClN5S. The van der Waals surface area contributed by atoms with E-state index in [1.165, 1.54) is 0 Å². The summed E-state index contributed by atoms with van der Waals surface area (Å²) in [5.41, 5.74) is 3.70. The molecule has 1 atom stereocenters. The first kappa shape index (κ1) is 12.5. The van der Waals surface area contributed by atoms with E-state index in [9.17, 15) is 0 Å². The molecule has 2 heterocycles. The summed E-state index contributed by atoms with van der Waals surface area (Å²) in [5.74, 6) is 5.62. The largest absolute Gasteiger partial charge is 0.270 e. The normalized spacial score (nSPS) is 12.9. The summed E-state index contributed by atoms with van der Waals surface area (Å²) in [4.78, 5) is 0.980. The van der Waals surface area contributed by atoms with Crippen molar-refractivity contribution in [3.63, 3.8) is 0 Å². The van der Waals surface area contributed by atoms with Crippen molar-refractivity contribution in [1.82, 2.24) is 20.4 Å². The molecule has 3 N–H and O–H groups in total. The molecule has 0 radical (unpaired) electrons. The van der Waals surface area contributed by atoms with E-state index < -0.39 is 0 Å². The van der Waals surface area contributed by atoms with Gasteiger partial charge in [0.15, 0.2) is 0 Å². The average molecular weight is 272 g/mol. The molecule has 0 saturated carbocycles. The van der Waals surface area contributed by atoms with Gasteiger partial charge in [-0.3, -0.25) is 5.84 Å². The van der Waals surface area contributed by atoms with Gasteiger partial charge in [0.05, 0.1) is 16.9 Å². The van der Waals surface area contributed by atoms with Crippen LogP contribution in [0.2, 0.25) is 5.02 Å². The number of thiophene rings is 1. The second-order valence-corrected chi connectivity index (χ2v) is 4.97. The second kappa shape index (κ2) is 5.59. The first-order valence-corrected chi connectivity index (χ1v) is 6.61.